The molecule has 0 fully saturated rings. The molecule has 25 heavy (non-hydrogen) atoms. The summed E-state index contributed by atoms with van der Waals surface area (Å²) in [5.74, 6) is -0.858. The molecule has 0 bridgehead atoms. The zero-order valence-electron chi connectivity index (χ0n) is 14.1. The summed E-state index contributed by atoms with van der Waals surface area (Å²) in [5.41, 5.74) is 1.51. The molecule has 0 saturated carbocycles. The van der Waals surface area contributed by atoms with Crippen molar-refractivity contribution in [2.75, 3.05) is 0 Å². The lowest BCUT2D eigenvalue weighted by molar-refractivity contribution is 0.0732. The first-order valence-corrected chi connectivity index (χ1v) is 7.74. The standard InChI is InChI=1S/C20H16O5/c1-11-6-4-5-7-15(11)20(23)24-16-9-8-14-12(2)10-17(22)25-19(14)18(16)13(3)21/h4-10H,1-3H3. The molecule has 0 spiro atoms. The van der Waals surface area contributed by atoms with Crippen molar-refractivity contribution in [2.45, 2.75) is 20.8 Å². The van der Waals surface area contributed by atoms with E-state index in [9.17, 15) is 14.4 Å². The molecule has 0 saturated heterocycles. The van der Waals surface area contributed by atoms with Crippen LogP contribution in [0.5, 0.6) is 5.75 Å². The van der Waals surface area contributed by atoms with Crippen molar-refractivity contribution in [3.63, 3.8) is 0 Å². The number of Topliss-reactive ketones (excluding diaryl/α,β-unsaturated/α-hetero) is 1. The second-order valence-corrected chi connectivity index (χ2v) is 5.82. The number of carbonyl (C=O) groups excluding carboxylic acids is 2. The molecule has 0 aliphatic heterocycles. The number of hydrogen-bond acceptors (Lipinski definition) is 5. The highest BCUT2D eigenvalue weighted by molar-refractivity contribution is 6.08. The zero-order valence-corrected chi connectivity index (χ0v) is 14.1. The first kappa shape index (κ1) is 16.6. The number of hydrogen-bond donors (Lipinski definition) is 0. The quantitative estimate of drug-likeness (QED) is 0.314. The fourth-order valence-corrected chi connectivity index (χ4v) is 2.74. The van der Waals surface area contributed by atoms with Crippen LogP contribution < -0.4 is 10.4 Å². The molecule has 0 amide bonds. The molecule has 3 aromatic rings. The van der Waals surface area contributed by atoms with Gasteiger partial charge in [-0.25, -0.2) is 9.59 Å². The average Bonchev–Trinajstić information content (AvgIpc) is 2.54. The van der Waals surface area contributed by atoms with Gasteiger partial charge in [-0.2, -0.15) is 0 Å². The topological polar surface area (TPSA) is 73.6 Å². The minimum Gasteiger partial charge on any atom is -0.422 e. The van der Waals surface area contributed by atoms with E-state index in [1.54, 1.807) is 44.2 Å². The Kier molecular flexibility index (Phi) is 4.23. The smallest absolute Gasteiger partial charge is 0.343 e. The fourth-order valence-electron chi connectivity index (χ4n) is 2.74. The van der Waals surface area contributed by atoms with Crippen molar-refractivity contribution in [3.05, 3.63) is 75.1 Å². The minimum atomic E-state index is -0.574. The average molecular weight is 336 g/mol. The van der Waals surface area contributed by atoms with Gasteiger partial charge in [0.15, 0.2) is 11.4 Å². The Balaban J connectivity index is 2.15. The Morgan fingerprint density at radius 2 is 1.72 bits per heavy atom. The van der Waals surface area contributed by atoms with E-state index < -0.39 is 11.6 Å². The summed E-state index contributed by atoms with van der Waals surface area (Å²) in [7, 11) is 0. The van der Waals surface area contributed by atoms with Gasteiger partial charge in [0.25, 0.3) is 0 Å². The van der Waals surface area contributed by atoms with Crippen molar-refractivity contribution in [1.82, 2.24) is 0 Å². The van der Waals surface area contributed by atoms with E-state index in [0.717, 1.165) is 5.56 Å². The number of ether oxygens (including phenoxy) is 1. The number of rotatable bonds is 3. The van der Waals surface area contributed by atoms with Crippen LogP contribution in [0, 0.1) is 13.8 Å². The van der Waals surface area contributed by atoms with Gasteiger partial charge in [-0.05, 0) is 50.1 Å². The normalized spacial score (nSPS) is 10.7. The zero-order chi connectivity index (χ0) is 18.1. The molecule has 1 heterocycles. The fraction of sp³-hybridized carbons (Fsp3) is 0.150. The third-order valence-electron chi connectivity index (χ3n) is 4.00. The SMILES string of the molecule is CC(=O)c1c(OC(=O)c2ccccc2C)ccc2c(C)cc(=O)oc12. The summed E-state index contributed by atoms with van der Waals surface area (Å²) >= 11 is 0. The van der Waals surface area contributed by atoms with E-state index in [1.165, 1.54) is 13.0 Å². The van der Waals surface area contributed by atoms with Crippen LogP contribution in [0.2, 0.25) is 0 Å². The summed E-state index contributed by atoms with van der Waals surface area (Å²) < 4.78 is 10.7. The summed E-state index contributed by atoms with van der Waals surface area (Å²) in [5, 5.41) is 0.625. The van der Waals surface area contributed by atoms with E-state index in [0.29, 0.717) is 16.5 Å². The molecule has 5 heteroatoms. The van der Waals surface area contributed by atoms with Crippen LogP contribution in [0.15, 0.2) is 51.7 Å². The van der Waals surface area contributed by atoms with Crippen LogP contribution in [-0.4, -0.2) is 11.8 Å². The first-order valence-electron chi connectivity index (χ1n) is 7.74. The van der Waals surface area contributed by atoms with Crippen LogP contribution >= 0.6 is 0 Å². The Labute approximate surface area is 143 Å². The van der Waals surface area contributed by atoms with Gasteiger partial charge >= 0.3 is 11.6 Å². The second kappa shape index (κ2) is 6.36. The third-order valence-corrected chi connectivity index (χ3v) is 4.00. The third kappa shape index (κ3) is 3.08. The van der Waals surface area contributed by atoms with E-state index in [1.807, 2.05) is 6.07 Å². The number of aryl methyl sites for hydroxylation is 2. The molecule has 126 valence electrons. The molecular weight excluding hydrogens is 320 g/mol. The van der Waals surface area contributed by atoms with Gasteiger partial charge in [0.05, 0.1) is 5.56 Å². The molecule has 2 aromatic carbocycles. The number of ketones is 1. The highest BCUT2D eigenvalue weighted by Crippen LogP contribution is 2.30. The molecule has 0 aliphatic carbocycles. The molecule has 3 rings (SSSR count). The molecule has 0 radical (unpaired) electrons. The number of fused-ring (bicyclic) bond motifs is 1. The summed E-state index contributed by atoms with van der Waals surface area (Å²) in [4.78, 5) is 36.3. The predicted octanol–water partition coefficient (Wildman–Crippen LogP) is 3.83. The lowest BCUT2D eigenvalue weighted by atomic mass is 10.0. The maximum atomic E-state index is 12.5. The highest BCUT2D eigenvalue weighted by atomic mass is 16.5. The Morgan fingerprint density at radius 3 is 2.40 bits per heavy atom. The number of carbonyl (C=O) groups is 2. The van der Waals surface area contributed by atoms with Crippen molar-refractivity contribution in [2.24, 2.45) is 0 Å². The summed E-state index contributed by atoms with van der Waals surface area (Å²) in [6.45, 7) is 4.88. The van der Waals surface area contributed by atoms with E-state index >= 15 is 0 Å². The lowest BCUT2D eigenvalue weighted by Gasteiger charge is -2.12. The van der Waals surface area contributed by atoms with E-state index in [4.69, 9.17) is 9.15 Å². The maximum Gasteiger partial charge on any atom is 0.343 e. The van der Waals surface area contributed by atoms with Crippen LogP contribution in [0.4, 0.5) is 0 Å². The van der Waals surface area contributed by atoms with E-state index in [-0.39, 0.29) is 22.7 Å². The van der Waals surface area contributed by atoms with Gasteiger partial charge in [-0.15, -0.1) is 0 Å². The van der Waals surface area contributed by atoms with Crippen LogP contribution in [0.25, 0.3) is 11.0 Å². The van der Waals surface area contributed by atoms with Crippen molar-refractivity contribution in [1.29, 1.82) is 0 Å². The second-order valence-electron chi connectivity index (χ2n) is 5.82. The number of esters is 1. The largest absolute Gasteiger partial charge is 0.422 e. The molecule has 5 nitrogen and oxygen atoms in total. The van der Waals surface area contributed by atoms with Gasteiger partial charge in [-0.3, -0.25) is 4.79 Å². The predicted molar refractivity (Wildman–Crippen MR) is 93.4 cm³/mol. The highest BCUT2D eigenvalue weighted by Gasteiger charge is 2.20. The molecule has 1 aromatic heterocycles. The summed E-state index contributed by atoms with van der Waals surface area (Å²) in [6, 6.07) is 11.6. The Hall–Kier alpha value is -3.21. The lowest BCUT2D eigenvalue weighted by Crippen LogP contribution is -2.13. The van der Waals surface area contributed by atoms with E-state index in [2.05, 4.69) is 0 Å². The van der Waals surface area contributed by atoms with Gasteiger partial charge in [0, 0.05) is 11.5 Å². The van der Waals surface area contributed by atoms with Crippen molar-refractivity contribution in [3.8, 4) is 5.75 Å². The van der Waals surface area contributed by atoms with Crippen LogP contribution in [0.3, 0.4) is 0 Å². The van der Waals surface area contributed by atoms with Crippen molar-refractivity contribution < 1.29 is 18.7 Å². The van der Waals surface area contributed by atoms with Crippen LogP contribution in [0.1, 0.15) is 38.8 Å². The molecular formula is C20H16O5. The molecule has 0 aliphatic rings. The minimum absolute atomic E-state index is 0.0713. The Morgan fingerprint density at radius 1 is 1.00 bits per heavy atom. The molecule has 0 N–H and O–H groups in total. The monoisotopic (exact) mass is 336 g/mol. The van der Waals surface area contributed by atoms with Gasteiger partial charge in [0.2, 0.25) is 0 Å². The van der Waals surface area contributed by atoms with Gasteiger partial charge < -0.3 is 9.15 Å². The van der Waals surface area contributed by atoms with Gasteiger partial charge in [-0.1, -0.05) is 18.2 Å². The Bertz CT molecular complexity index is 1060. The summed E-state index contributed by atoms with van der Waals surface area (Å²) in [6.07, 6.45) is 0. The first-order chi connectivity index (χ1) is 11.9. The number of benzene rings is 2. The molecule has 0 unspecified atom stereocenters. The maximum absolute atomic E-state index is 12.5. The van der Waals surface area contributed by atoms with Crippen LogP contribution in [-0.2, 0) is 0 Å². The van der Waals surface area contributed by atoms with Gasteiger partial charge in [0.1, 0.15) is 11.3 Å². The van der Waals surface area contributed by atoms with Crippen molar-refractivity contribution >= 4 is 22.7 Å². The molecule has 0 atom stereocenters.